The Morgan fingerprint density at radius 3 is 2.30 bits per heavy atom. The maximum absolute atomic E-state index is 12.2. The topological polar surface area (TPSA) is 70.2 Å². The van der Waals surface area contributed by atoms with Crippen LogP contribution in [0, 0.1) is 0 Å². The van der Waals surface area contributed by atoms with E-state index in [4.69, 9.17) is 12.2 Å². The van der Waals surface area contributed by atoms with Crippen LogP contribution in [0.15, 0.2) is 53.0 Å². The average Bonchev–Trinajstić information content (AvgIpc) is 2.47. The minimum Gasteiger partial charge on any atom is -0.332 e. The predicted octanol–water partition coefficient (Wildman–Crippen LogP) is 3.53. The van der Waals surface area contributed by atoms with Crippen molar-refractivity contribution in [3.63, 3.8) is 0 Å². The Bertz CT molecular complexity index is 764. The lowest BCUT2D eigenvalue weighted by atomic mass is 10.2. The molecule has 2 aromatic carbocycles. The third-order valence-corrected chi connectivity index (χ3v) is 3.68. The van der Waals surface area contributed by atoms with E-state index in [1.54, 1.807) is 42.5 Å². The van der Waals surface area contributed by atoms with E-state index >= 15 is 0 Å². The van der Waals surface area contributed by atoms with Crippen LogP contribution in [0.5, 0.6) is 0 Å². The Morgan fingerprint density at radius 1 is 1.00 bits per heavy atom. The Morgan fingerprint density at radius 2 is 1.65 bits per heavy atom. The summed E-state index contributed by atoms with van der Waals surface area (Å²) in [4.78, 5) is 23.2. The number of hydrogen-bond donors (Lipinski definition) is 3. The molecule has 118 valence electrons. The molecule has 0 aliphatic heterocycles. The first kappa shape index (κ1) is 17.1. The van der Waals surface area contributed by atoms with Crippen molar-refractivity contribution in [1.29, 1.82) is 0 Å². The van der Waals surface area contributed by atoms with Crippen molar-refractivity contribution in [2.45, 2.75) is 6.92 Å². The van der Waals surface area contributed by atoms with Crippen LogP contribution in [0.25, 0.3) is 0 Å². The molecule has 0 heterocycles. The molecule has 2 rings (SSSR count). The fraction of sp³-hybridized carbons (Fsp3) is 0.0625. The molecule has 2 aromatic rings. The number of amides is 2. The molecule has 2 amide bonds. The van der Waals surface area contributed by atoms with Crippen LogP contribution < -0.4 is 16.0 Å². The van der Waals surface area contributed by atoms with E-state index in [0.29, 0.717) is 21.4 Å². The van der Waals surface area contributed by atoms with Gasteiger partial charge in [0.2, 0.25) is 5.91 Å². The van der Waals surface area contributed by atoms with E-state index < -0.39 is 0 Å². The Hall–Kier alpha value is -2.25. The lowest BCUT2D eigenvalue weighted by Crippen LogP contribution is -2.34. The van der Waals surface area contributed by atoms with Gasteiger partial charge in [-0.3, -0.25) is 14.9 Å². The zero-order valence-electron chi connectivity index (χ0n) is 12.2. The highest BCUT2D eigenvalue weighted by Crippen LogP contribution is 2.17. The standard InChI is InChI=1S/C16H14BrN3O2S/c1-10(21)18-11-5-4-6-12(9-11)19-16(23)20-15(22)13-7-2-3-8-14(13)17/h2-9H,1H3,(H,18,21)(H2,19,20,22,23). The van der Waals surface area contributed by atoms with Crippen LogP contribution >= 0.6 is 28.1 Å². The van der Waals surface area contributed by atoms with Gasteiger partial charge in [-0.25, -0.2) is 0 Å². The van der Waals surface area contributed by atoms with Gasteiger partial charge in [0.25, 0.3) is 5.91 Å². The van der Waals surface area contributed by atoms with Gasteiger partial charge in [-0.1, -0.05) is 18.2 Å². The van der Waals surface area contributed by atoms with E-state index in [1.807, 2.05) is 6.07 Å². The Labute approximate surface area is 147 Å². The first-order valence-electron chi connectivity index (χ1n) is 6.70. The lowest BCUT2D eigenvalue weighted by Gasteiger charge is -2.11. The molecule has 0 spiro atoms. The fourth-order valence-corrected chi connectivity index (χ4v) is 2.53. The number of halogens is 1. The highest BCUT2D eigenvalue weighted by molar-refractivity contribution is 9.10. The summed E-state index contributed by atoms with van der Waals surface area (Å²) in [5, 5.41) is 8.37. The van der Waals surface area contributed by atoms with E-state index in [9.17, 15) is 9.59 Å². The number of thiocarbonyl (C=S) groups is 1. The summed E-state index contributed by atoms with van der Waals surface area (Å²) in [6.45, 7) is 1.43. The zero-order valence-corrected chi connectivity index (χ0v) is 14.6. The summed E-state index contributed by atoms with van der Waals surface area (Å²) in [5.74, 6) is -0.472. The molecule has 3 N–H and O–H groups in total. The SMILES string of the molecule is CC(=O)Nc1cccc(NC(=S)NC(=O)c2ccccc2Br)c1. The molecular formula is C16H14BrN3O2S. The van der Waals surface area contributed by atoms with Crippen LogP contribution in [0.4, 0.5) is 11.4 Å². The van der Waals surface area contributed by atoms with Crippen molar-refractivity contribution in [1.82, 2.24) is 5.32 Å². The highest BCUT2D eigenvalue weighted by Gasteiger charge is 2.11. The second kappa shape index (κ2) is 7.85. The number of anilines is 2. The zero-order chi connectivity index (χ0) is 16.8. The largest absolute Gasteiger partial charge is 0.332 e. The van der Waals surface area contributed by atoms with Gasteiger partial charge in [-0.15, -0.1) is 0 Å². The summed E-state index contributed by atoms with van der Waals surface area (Å²) < 4.78 is 0.688. The molecule has 0 fully saturated rings. The second-order valence-corrected chi connectivity index (χ2v) is 5.91. The Balaban J connectivity index is 2.01. The van der Waals surface area contributed by atoms with E-state index in [0.717, 1.165) is 0 Å². The summed E-state index contributed by atoms with van der Waals surface area (Å²) in [6.07, 6.45) is 0. The first-order valence-corrected chi connectivity index (χ1v) is 7.90. The number of carbonyl (C=O) groups excluding carboxylic acids is 2. The second-order valence-electron chi connectivity index (χ2n) is 4.65. The Kier molecular flexibility index (Phi) is 5.84. The van der Waals surface area contributed by atoms with Gasteiger partial charge in [0, 0.05) is 22.8 Å². The van der Waals surface area contributed by atoms with Crippen LogP contribution in [-0.4, -0.2) is 16.9 Å². The van der Waals surface area contributed by atoms with Gasteiger partial charge < -0.3 is 10.6 Å². The molecule has 0 radical (unpaired) electrons. The highest BCUT2D eigenvalue weighted by atomic mass is 79.9. The molecular weight excluding hydrogens is 378 g/mol. The smallest absolute Gasteiger partial charge is 0.258 e. The maximum atomic E-state index is 12.2. The van der Waals surface area contributed by atoms with E-state index in [1.165, 1.54) is 6.92 Å². The number of carbonyl (C=O) groups is 2. The molecule has 0 atom stereocenters. The van der Waals surface area contributed by atoms with E-state index in [2.05, 4.69) is 31.9 Å². The average molecular weight is 392 g/mol. The summed E-state index contributed by atoms with van der Waals surface area (Å²) in [6, 6.07) is 14.1. The predicted molar refractivity (Wildman–Crippen MR) is 98.6 cm³/mol. The molecule has 7 heteroatoms. The molecule has 0 saturated carbocycles. The minimum atomic E-state index is -0.312. The normalized spacial score (nSPS) is 9.83. The molecule has 0 saturated heterocycles. The number of hydrogen-bond acceptors (Lipinski definition) is 3. The van der Waals surface area contributed by atoms with Gasteiger partial charge >= 0.3 is 0 Å². The lowest BCUT2D eigenvalue weighted by molar-refractivity contribution is -0.114. The fourth-order valence-electron chi connectivity index (χ4n) is 1.86. The van der Waals surface area contributed by atoms with Gasteiger partial charge in [-0.2, -0.15) is 0 Å². The van der Waals surface area contributed by atoms with Crippen molar-refractivity contribution in [2.24, 2.45) is 0 Å². The number of rotatable bonds is 3. The summed E-state index contributed by atoms with van der Waals surface area (Å²) >= 11 is 8.46. The van der Waals surface area contributed by atoms with Crippen molar-refractivity contribution < 1.29 is 9.59 Å². The third-order valence-electron chi connectivity index (χ3n) is 2.79. The van der Waals surface area contributed by atoms with Gasteiger partial charge in [0.15, 0.2) is 5.11 Å². The molecule has 0 bridgehead atoms. The van der Waals surface area contributed by atoms with Gasteiger partial charge in [0.1, 0.15) is 0 Å². The summed E-state index contributed by atoms with van der Waals surface area (Å²) in [7, 11) is 0. The van der Waals surface area contributed by atoms with Crippen molar-refractivity contribution in [3.05, 3.63) is 58.6 Å². The van der Waals surface area contributed by atoms with Crippen molar-refractivity contribution in [3.8, 4) is 0 Å². The number of nitrogens with one attached hydrogen (secondary N) is 3. The minimum absolute atomic E-state index is 0.160. The van der Waals surface area contributed by atoms with Crippen molar-refractivity contribution >= 4 is 56.4 Å². The van der Waals surface area contributed by atoms with Crippen molar-refractivity contribution in [2.75, 3.05) is 10.6 Å². The molecule has 23 heavy (non-hydrogen) atoms. The molecule has 0 aliphatic rings. The van der Waals surface area contributed by atoms with Crippen LogP contribution in [0.3, 0.4) is 0 Å². The molecule has 5 nitrogen and oxygen atoms in total. The summed E-state index contributed by atoms with van der Waals surface area (Å²) in [5.41, 5.74) is 1.79. The number of benzene rings is 2. The van der Waals surface area contributed by atoms with Crippen LogP contribution in [-0.2, 0) is 4.79 Å². The monoisotopic (exact) mass is 391 g/mol. The maximum Gasteiger partial charge on any atom is 0.258 e. The molecule has 0 unspecified atom stereocenters. The molecule has 0 aromatic heterocycles. The van der Waals surface area contributed by atoms with Crippen LogP contribution in [0.1, 0.15) is 17.3 Å². The third kappa shape index (κ3) is 5.15. The quantitative estimate of drug-likeness (QED) is 0.699. The van der Waals surface area contributed by atoms with Gasteiger partial charge in [0.05, 0.1) is 5.56 Å². The first-order chi connectivity index (χ1) is 11.0. The van der Waals surface area contributed by atoms with Crippen LogP contribution in [0.2, 0.25) is 0 Å². The van der Waals surface area contributed by atoms with Gasteiger partial charge in [-0.05, 0) is 58.5 Å². The van der Waals surface area contributed by atoms with E-state index in [-0.39, 0.29) is 16.9 Å². The molecule has 0 aliphatic carbocycles.